The molecule has 5 fully saturated rings. The molecule has 3 nitrogen and oxygen atoms in total. The number of carbonyl (C=O) groups is 1. The first-order chi connectivity index (χ1) is 12.9. The van der Waals surface area contributed by atoms with E-state index < -0.39 is 23.1 Å². The second kappa shape index (κ2) is 5.65. The molecule has 5 saturated carbocycles. The number of hydrogen-bond acceptors (Lipinski definition) is 3. The van der Waals surface area contributed by atoms with E-state index in [1.807, 2.05) is 0 Å². The van der Waals surface area contributed by atoms with Gasteiger partial charge in [-0.05, 0) is 74.0 Å². The minimum absolute atomic E-state index is 0.0667. The third kappa shape index (κ3) is 2.31. The van der Waals surface area contributed by atoms with E-state index >= 15 is 0 Å². The van der Waals surface area contributed by atoms with E-state index in [0.29, 0.717) is 27.8 Å². The molecular weight excluding hydrogens is 407 g/mol. The number of carbonyl (C=O) groups excluding carboxylic acids is 1. The zero-order valence-corrected chi connectivity index (χ0v) is 16.5. The lowest BCUT2D eigenvalue weighted by atomic mass is 9.48. The van der Waals surface area contributed by atoms with Gasteiger partial charge in [-0.2, -0.15) is 10.5 Å². The Kier molecular flexibility index (Phi) is 3.63. The Bertz CT molecular complexity index is 878. The van der Waals surface area contributed by atoms with Crippen molar-refractivity contribution in [2.24, 2.45) is 34.5 Å². The van der Waals surface area contributed by atoms with Crippen molar-refractivity contribution in [3.8, 4) is 12.1 Å². The Labute approximate surface area is 166 Å². The van der Waals surface area contributed by atoms with E-state index in [2.05, 4.69) is 28.1 Å². The third-order valence-corrected chi connectivity index (χ3v) is 8.21. The molecule has 5 aliphatic rings. The monoisotopic (exact) mass is 426 g/mol. The number of benzene rings is 1. The van der Waals surface area contributed by atoms with Crippen LogP contribution in [0.2, 0.25) is 0 Å². The standard InChI is InChI=1S/C22H20BrFN2O/c23-15-1-2-16(17(24)6-15)18-19(22(18,10-25)11-26)20(27)21-7-12-3-13(8-21)5-14(4-12)9-21/h1-2,6,12-14,18-19H,3-5,7-9H2/t12?,13?,14?,18-,19+,21?/m1/s1. The van der Waals surface area contributed by atoms with Crippen LogP contribution in [0.25, 0.3) is 0 Å². The molecular formula is C22H20BrFN2O. The molecule has 0 amide bonds. The summed E-state index contributed by atoms with van der Waals surface area (Å²) in [7, 11) is 0. The summed E-state index contributed by atoms with van der Waals surface area (Å²) in [6.07, 6.45) is 6.38. The highest BCUT2D eigenvalue weighted by molar-refractivity contribution is 9.10. The fourth-order valence-electron chi connectivity index (χ4n) is 6.97. The number of halogens is 2. The molecule has 2 atom stereocenters. The summed E-state index contributed by atoms with van der Waals surface area (Å²) in [6.45, 7) is 0. The van der Waals surface area contributed by atoms with Crippen LogP contribution in [0.5, 0.6) is 0 Å². The van der Waals surface area contributed by atoms with Gasteiger partial charge < -0.3 is 0 Å². The molecule has 138 valence electrons. The highest BCUT2D eigenvalue weighted by Gasteiger charge is 2.74. The first kappa shape index (κ1) is 17.4. The van der Waals surface area contributed by atoms with Crippen LogP contribution in [0.3, 0.4) is 0 Å². The molecule has 0 aromatic heterocycles. The number of nitrogens with zero attached hydrogens (tertiary/aromatic N) is 2. The Morgan fingerprint density at radius 3 is 2.11 bits per heavy atom. The summed E-state index contributed by atoms with van der Waals surface area (Å²) < 4.78 is 15.2. The summed E-state index contributed by atoms with van der Waals surface area (Å²) in [5, 5.41) is 19.6. The van der Waals surface area contributed by atoms with Crippen molar-refractivity contribution in [3.63, 3.8) is 0 Å². The van der Waals surface area contributed by atoms with Gasteiger partial charge in [-0.3, -0.25) is 4.79 Å². The van der Waals surface area contributed by atoms with E-state index in [0.717, 1.165) is 19.3 Å². The van der Waals surface area contributed by atoms with Gasteiger partial charge in [0, 0.05) is 15.8 Å². The number of nitriles is 2. The van der Waals surface area contributed by atoms with Gasteiger partial charge in [0.05, 0.1) is 18.1 Å². The normalized spacial score (nSPS) is 40.2. The van der Waals surface area contributed by atoms with Gasteiger partial charge in [0.1, 0.15) is 11.6 Å². The van der Waals surface area contributed by atoms with Crippen molar-refractivity contribution in [2.45, 2.75) is 44.4 Å². The van der Waals surface area contributed by atoms with Gasteiger partial charge in [-0.1, -0.05) is 22.0 Å². The van der Waals surface area contributed by atoms with Crippen molar-refractivity contribution in [1.29, 1.82) is 10.5 Å². The van der Waals surface area contributed by atoms with E-state index in [9.17, 15) is 19.7 Å². The molecule has 1 aromatic rings. The van der Waals surface area contributed by atoms with Gasteiger partial charge in [0.2, 0.25) is 0 Å². The smallest absolute Gasteiger partial charge is 0.161 e. The molecule has 6 rings (SSSR count). The van der Waals surface area contributed by atoms with Gasteiger partial charge in [0.25, 0.3) is 0 Å². The van der Waals surface area contributed by atoms with E-state index in [1.54, 1.807) is 12.1 Å². The molecule has 0 heterocycles. The van der Waals surface area contributed by atoms with Crippen LogP contribution in [0.4, 0.5) is 4.39 Å². The third-order valence-electron chi connectivity index (χ3n) is 7.72. The molecule has 0 unspecified atom stereocenters. The Morgan fingerprint density at radius 2 is 1.63 bits per heavy atom. The molecule has 0 saturated heterocycles. The lowest BCUT2D eigenvalue weighted by Crippen LogP contribution is -2.50. The lowest BCUT2D eigenvalue weighted by molar-refractivity contribution is -0.145. The second-order valence-corrected chi connectivity index (χ2v) is 10.2. The summed E-state index contributed by atoms with van der Waals surface area (Å²) in [4.78, 5) is 13.7. The first-order valence-electron chi connectivity index (χ1n) is 9.74. The van der Waals surface area contributed by atoms with E-state index in [1.165, 1.54) is 25.3 Å². The van der Waals surface area contributed by atoms with Gasteiger partial charge >= 0.3 is 0 Å². The summed E-state index contributed by atoms with van der Waals surface area (Å²) in [5.41, 5.74) is -1.47. The topological polar surface area (TPSA) is 64.7 Å². The maximum Gasteiger partial charge on any atom is 0.161 e. The minimum Gasteiger partial charge on any atom is -0.299 e. The predicted octanol–water partition coefficient (Wildman–Crippen LogP) is 5.12. The highest BCUT2D eigenvalue weighted by atomic mass is 79.9. The van der Waals surface area contributed by atoms with Crippen molar-refractivity contribution < 1.29 is 9.18 Å². The fraction of sp³-hybridized carbons (Fsp3) is 0.591. The molecule has 27 heavy (non-hydrogen) atoms. The molecule has 0 spiro atoms. The van der Waals surface area contributed by atoms with Crippen LogP contribution < -0.4 is 0 Å². The van der Waals surface area contributed by atoms with Crippen molar-refractivity contribution in [3.05, 3.63) is 34.1 Å². The molecule has 0 N–H and O–H groups in total. The predicted molar refractivity (Wildman–Crippen MR) is 99.6 cm³/mol. The molecule has 5 heteroatoms. The van der Waals surface area contributed by atoms with Crippen LogP contribution in [0.15, 0.2) is 22.7 Å². The maximum absolute atomic E-state index is 14.6. The van der Waals surface area contributed by atoms with Gasteiger partial charge in [0.15, 0.2) is 5.41 Å². The van der Waals surface area contributed by atoms with Crippen LogP contribution in [-0.4, -0.2) is 5.78 Å². The fourth-order valence-corrected chi connectivity index (χ4v) is 7.30. The number of ketones is 1. The van der Waals surface area contributed by atoms with Crippen molar-refractivity contribution >= 4 is 21.7 Å². The molecule has 0 radical (unpaired) electrons. The minimum atomic E-state index is -1.42. The molecule has 5 aliphatic carbocycles. The number of hydrogen-bond donors (Lipinski definition) is 0. The zero-order chi connectivity index (χ0) is 19.0. The molecule has 4 bridgehead atoms. The zero-order valence-electron chi connectivity index (χ0n) is 14.9. The average molecular weight is 427 g/mol. The quantitative estimate of drug-likeness (QED) is 0.673. The number of rotatable bonds is 3. The van der Waals surface area contributed by atoms with Gasteiger partial charge in [-0.25, -0.2) is 4.39 Å². The van der Waals surface area contributed by atoms with Crippen LogP contribution in [0, 0.1) is 63.0 Å². The second-order valence-electron chi connectivity index (χ2n) is 9.28. The molecule has 0 aliphatic heterocycles. The van der Waals surface area contributed by atoms with Crippen LogP contribution in [0.1, 0.15) is 50.0 Å². The Hall–Kier alpha value is -1.72. The van der Waals surface area contributed by atoms with Crippen LogP contribution in [-0.2, 0) is 4.79 Å². The van der Waals surface area contributed by atoms with E-state index in [4.69, 9.17) is 0 Å². The average Bonchev–Trinajstić information content (AvgIpc) is 3.28. The lowest BCUT2D eigenvalue weighted by Gasteiger charge is -2.56. The Morgan fingerprint density at radius 1 is 1.07 bits per heavy atom. The number of Topliss-reactive ketones (excluding diaryl/α,β-unsaturated/α-hetero) is 1. The SMILES string of the molecule is N#CC1(C#N)[C@H](C(=O)C23CC4CC(CC(C4)C2)C3)[C@H]1c1ccc(Br)cc1F. The van der Waals surface area contributed by atoms with Crippen LogP contribution >= 0.6 is 15.9 Å². The summed E-state index contributed by atoms with van der Waals surface area (Å²) in [5.74, 6) is 0.101. The largest absolute Gasteiger partial charge is 0.299 e. The summed E-state index contributed by atoms with van der Waals surface area (Å²) >= 11 is 3.24. The highest BCUT2D eigenvalue weighted by Crippen LogP contribution is 2.70. The first-order valence-corrected chi connectivity index (χ1v) is 10.5. The van der Waals surface area contributed by atoms with E-state index in [-0.39, 0.29) is 11.2 Å². The maximum atomic E-state index is 14.6. The van der Waals surface area contributed by atoms with Gasteiger partial charge in [-0.15, -0.1) is 0 Å². The van der Waals surface area contributed by atoms with Crippen molar-refractivity contribution in [2.75, 3.05) is 0 Å². The van der Waals surface area contributed by atoms with Crippen molar-refractivity contribution in [1.82, 2.24) is 0 Å². The summed E-state index contributed by atoms with van der Waals surface area (Å²) in [6, 6.07) is 8.86. The Balaban J connectivity index is 1.53. The molecule has 1 aromatic carbocycles.